The summed E-state index contributed by atoms with van der Waals surface area (Å²) in [5, 5.41) is 10.2. The highest BCUT2D eigenvalue weighted by molar-refractivity contribution is 5.98. The number of fused-ring (bicyclic) bond motifs is 1. The Bertz CT molecular complexity index is 872. The SMILES string of the molecule is C=CCCCCOC(=O)[C@H]1[C@H]2C(=O)N([C@@H](CC)CO)C(C(=O)N(CC=C)C(C)CCC)C23CC[C@]1(C)O3. The first-order valence-corrected chi connectivity index (χ1v) is 14.0. The number of ether oxygens (including phenoxy) is 2. The van der Waals surface area contributed by atoms with Gasteiger partial charge in [0.25, 0.3) is 0 Å². The van der Waals surface area contributed by atoms with Crippen LogP contribution in [0, 0.1) is 11.8 Å². The number of rotatable bonds is 15. The number of amides is 2. The van der Waals surface area contributed by atoms with Gasteiger partial charge in [0.1, 0.15) is 17.6 Å². The normalized spacial score (nSPS) is 31.6. The van der Waals surface area contributed by atoms with Crippen LogP contribution in [-0.4, -0.2) is 81.8 Å². The molecule has 2 amide bonds. The van der Waals surface area contributed by atoms with Crippen molar-refractivity contribution in [1.82, 2.24) is 9.80 Å². The first-order chi connectivity index (χ1) is 17.7. The monoisotopic (exact) mass is 518 g/mol. The predicted octanol–water partition coefficient (Wildman–Crippen LogP) is 3.62. The summed E-state index contributed by atoms with van der Waals surface area (Å²) in [4.78, 5) is 45.2. The fourth-order valence-corrected chi connectivity index (χ4v) is 6.82. The molecule has 0 radical (unpaired) electrons. The highest BCUT2D eigenvalue weighted by Gasteiger charge is 2.79. The number of unbranched alkanes of at least 4 members (excludes halogenated alkanes) is 2. The Morgan fingerprint density at radius 1 is 1.27 bits per heavy atom. The minimum absolute atomic E-state index is 0.0531. The highest BCUT2D eigenvalue weighted by Crippen LogP contribution is 2.63. The average Bonchev–Trinajstić information content (AvgIpc) is 3.44. The van der Waals surface area contributed by atoms with Crippen LogP contribution in [0.1, 0.15) is 79.1 Å². The number of carbonyl (C=O) groups excluding carboxylic acids is 3. The molecule has 0 aromatic carbocycles. The van der Waals surface area contributed by atoms with E-state index < -0.39 is 41.1 Å². The molecule has 0 saturated carbocycles. The van der Waals surface area contributed by atoms with Gasteiger partial charge in [-0.15, -0.1) is 13.2 Å². The topological polar surface area (TPSA) is 96.4 Å². The fraction of sp³-hybridized carbons (Fsp3) is 0.759. The molecule has 3 aliphatic rings. The molecule has 3 aliphatic heterocycles. The Kier molecular flexibility index (Phi) is 9.62. The molecular weight excluding hydrogens is 472 g/mol. The zero-order valence-electron chi connectivity index (χ0n) is 23.1. The summed E-state index contributed by atoms with van der Waals surface area (Å²) in [5.41, 5.74) is -1.99. The molecule has 3 rings (SSSR count). The van der Waals surface area contributed by atoms with Crippen molar-refractivity contribution in [3.8, 4) is 0 Å². The van der Waals surface area contributed by atoms with Crippen molar-refractivity contribution in [2.75, 3.05) is 19.8 Å². The first-order valence-electron chi connectivity index (χ1n) is 14.0. The second-order valence-corrected chi connectivity index (χ2v) is 11.1. The molecule has 0 aromatic heterocycles. The van der Waals surface area contributed by atoms with Gasteiger partial charge in [-0.3, -0.25) is 14.4 Å². The summed E-state index contributed by atoms with van der Waals surface area (Å²) >= 11 is 0. The van der Waals surface area contributed by atoms with Crippen LogP contribution in [0.15, 0.2) is 25.3 Å². The average molecular weight is 519 g/mol. The predicted molar refractivity (Wildman–Crippen MR) is 142 cm³/mol. The minimum atomic E-state index is -1.12. The molecule has 3 fully saturated rings. The van der Waals surface area contributed by atoms with Crippen molar-refractivity contribution in [3.63, 3.8) is 0 Å². The lowest BCUT2D eigenvalue weighted by Crippen LogP contribution is -2.60. The molecule has 3 saturated heterocycles. The maximum atomic E-state index is 14.3. The second-order valence-electron chi connectivity index (χ2n) is 11.1. The Morgan fingerprint density at radius 2 is 2.00 bits per heavy atom. The van der Waals surface area contributed by atoms with Crippen LogP contribution in [0.3, 0.4) is 0 Å². The van der Waals surface area contributed by atoms with Crippen LogP contribution in [0.2, 0.25) is 0 Å². The molecule has 8 heteroatoms. The molecule has 1 N–H and O–H groups in total. The lowest BCUT2D eigenvalue weighted by Gasteiger charge is -2.41. The summed E-state index contributed by atoms with van der Waals surface area (Å²) < 4.78 is 12.3. The summed E-state index contributed by atoms with van der Waals surface area (Å²) in [6.45, 7) is 15.7. The molecule has 3 unspecified atom stereocenters. The zero-order chi connectivity index (χ0) is 27.4. The van der Waals surface area contributed by atoms with E-state index in [-0.39, 0.29) is 31.1 Å². The van der Waals surface area contributed by atoms with Gasteiger partial charge in [-0.05, 0) is 58.8 Å². The standard InChI is InChI=1S/C29H46N2O6/c1-7-11-12-13-18-36-27(35)23-22-25(33)31(21(10-4)19-32)24(29(22)16-15-28(23,6)37-29)26(34)30(17-9-3)20(5)14-8-2/h7,9,20-24,32H,1,3,8,10-19H2,2,4-6H3/t20?,21-,22-,23+,24?,28-,29?/m0/s1. The van der Waals surface area contributed by atoms with Gasteiger partial charge in [0.05, 0.1) is 30.8 Å². The van der Waals surface area contributed by atoms with Gasteiger partial charge in [0, 0.05) is 12.6 Å². The van der Waals surface area contributed by atoms with Gasteiger partial charge in [-0.25, -0.2) is 0 Å². The summed E-state index contributed by atoms with van der Waals surface area (Å²) in [7, 11) is 0. The van der Waals surface area contributed by atoms with Crippen molar-refractivity contribution >= 4 is 17.8 Å². The number of aliphatic hydroxyl groups is 1. The number of esters is 1. The van der Waals surface area contributed by atoms with Crippen LogP contribution < -0.4 is 0 Å². The Balaban J connectivity index is 2.00. The third kappa shape index (κ3) is 5.11. The van der Waals surface area contributed by atoms with Crippen molar-refractivity contribution in [2.24, 2.45) is 11.8 Å². The molecule has 2 bridgehead atoms. The van der Waals surface area contributed by atoms with E-state index in [0.717, 1.165) is 25.7 Å². The van der Waals surface area contributed by atoms with Crippen LogP contribution >= 0.6 is 0 Å². The maximum Gasteiger partial charge on any atom is 0.312 e. The van der Waals surface area contributed by atoms with Crippen molar-refractivity contribution in [1.29, 1.82) is 0 Å². The maximum absolute atomic E-state index is 14.3. The smallest absolute Gasteiger partial charge is 0.312 e. The fourth-order valence-electron chi connectivity index (χ4n) is 6.82. The van der Waals surface area contributed by atoms with Crippen molar-refractivity contribution in [3.05, 3.63) is 25.3 Å². The van der Waals surface area contributed by atoms with E-state index in [1.807, 2.05) is 26.8 Å². The lowest BCUT2D eigenvalue weighted by molar-refractivity contribution is -0.162. The molecule has 208 valence electrons. The van der Waals surface area contributed by atoms with E-state index in [1.165, 1.54) is 4.90 Å². The number of nitrogens with zero attached hydrogens (tertiary/aromatic N) is 2. The first kappa shape index (κ1) is 29.4. The van der Waals surface area contributed by atoms with Crippen molar-refractivity contribution < 1.29 is 29.0 Å². The van der Waals surface area contributed by atoms with Gasteiger partial charge in [-0.1, -0.05) is 32.4 Å². The van der Waals surface area contributed by atoms with E-state index in [4.69, 9.17) is 9.47 Å². The summed E-state index contributed by atoms with van der Waals surface area (Å²) in [5.74, 6) is -2.53. The van der Waals surface area contributed by atoms with Gasteiger partial charge in [0.2, 0.25) is 11.8 Å². The summed E-state index contributed by atoms with van der Waals surface area (Å²) in [6, 6.07) is -1.50. The van der Waals surface area contributed by atoms with Gasteiger partial charge in [-0.2, -0.15) is 0 Å². The van der Waals surface area contributed by atoms with E-state index >= 15 is 0 Å². The van der Waals surface area contributed by atoms with Crippen LogP contribution in [0.5, 0.6) is 0 Å². The summed E-state index contributed by atoms with van der Waals surface area (Å²) in [6.07, 6.45) is 9.24. The van der Waals surface area contributed by atoms with E-state index in [9.17, 15) is 19.5 Å². The molecule has 8 nitrogen and oxygen atoms in total. The van der Waals surface area contributed by atoms with Crippen LogP contribution in [-0.2, 0) is 23.9 Å². The highest BCUT2D eigenvalue weighted by atomic mass is 16.6. The quantitative estimate of drug-likeness (QED) is 0.202. The number of aliphatic hydroxyl groups excluding tert-OH is 1. The van der Waals surface area contributed by atoms with Gasteiger partial charge < -0.3 is 24.4 Å². The molecule has 3 heterocycles. The number of hydrogen-bond acceptors (Lipinski definition) is 6. The zero-order valence-corrected chi connectivity index (χ0v) is 23.1. The van der Waals surface area contributed by atoms with Crippen molar-refractivity contribution in [2.45, 2.75) is 108 Å². The van der Waals surface area contributed by atoms with E-state index in [2.05, 4.69) is 20.1 Å². The molecule has 7 atom stereocenters. The second kappa shape index (κ2) is 12.1. The molecular formula is C29H46N2O6. The number of hydrogen-bond donors (Lipinski definition) is 1. The Hall–Kier alpha value is -2.19. The lowest BCUT2D eigenvalue weighted by atomic mass is 9.66. The molecule has 1 spiro atoms. The number of allylic oxidation sites excluding steroid dienone is 1. The van der Waals surface area contributed by atoms with Crippen LogP contribution in [0.4, 0.5) is 0 Å². The molecule has 0 aromatic rings. The Morgan fingerprint density at radius 3 is 2.59 bits per heavy atom. The van der Waals surface area contributed by atoms with Crippen LogP contribution in [0.25, 0.3) is 0 Å². The third-order valence-electron chi connectivity index (χ3n) is 8.67. The number of likely N-dealkylation sites (tertiary alicyclic amines) is 1. The minimum Gasteiger partial charge on any atom is -0.465 e. The van der Waals surface area contributed by atoms with E-state index in [0.29, 0.717) is 32.2 Å². The van der Waals surface area contributed by atoms with E-state index in [1.54, 1.807) is 11.0 Å². The molecule has 0 aliphatic carbocycles. The van der Waals surface area contributed by atoms with Gasteiger partial charge >= 0.3 is 5.97 Å². The largest absolute Gasteiger partial charge is 0.465 e. The number of carbonyl (C=O) groups is 3. The Labute approximate surface area is 222 Å². The molecule has 37 heavy (non-hydrogen) atoms. The third-order valence-corrected chi connectivity index (χ3v) is 8.67. The van der Waals surface area contributed by atoms with Gasteiger partial charge in [0.15, 0.2) is 0 Å².